The molecule has 1 heterocycles. The van der Waals surface area contributed by atoms with Crippen LogP contribution in [-0.2, 0) is 13.0 Å². The maximum Gasteiger partial charge on any atom is 0.251 e. The van der Waals surface area contributed by atoms with Gasteiger partial charge in [0.25, 0.3) is 5.91 Å². The maximum absolute atomic E-state index is 12.4. The van der Waals surface area contributed by atoms with Crippen molar-refractivity contribution in [3.63, 3.8) is 0 Å². The zero-order valence-electron chi connectivity index (χ0n) is 23.5. The van der Waals surface area contributed by atoms with Crippen molar-refractivity contribution >= 4 is 28.5 Å². The number of rotatable bonds is 20. The van der Waals surface area contributed by atoms with Crippen LogP contribution in [-0.4, -0.2) is 22.0 Å². The number of hydrogen-bond donors (Lipinski definition) is 1. The molecule has 0 atom stereocenters. The van der Waals surface area contributed by atoms with Crippen molar-refractivity contribution in [2.24, 2.45) is 0 Å². The van der Waals surface area contributed by atoms with Gasteiger partial charge in [-0.05, 0) is 43.2 Å². The summed E-state index contributed by atoms with van der Waals surface area (Å²) in [5, 5.41) is 3.59. The Bertz CT molecular complexity index is 1080. The van der Waals surface area contributed by atoms with Crippen molar-refractivity contribution in [1.29, 1.82) is 0 Å². The molecule has 1 aromatic heterocycles. The molecule has 0 aliphatic heterocycles. The molecule has 1 N–H and O–H groups in total. The number of unbranched alkanes of at least 4 members (excludes halogenated alkanes) is 13. The van der Waals surface area contributed by atoms with E-state index < -0.39 is 0 Å². The van der Waals surface area contributed by atoms with Crippen molar-refractivity contribution < 1.29 is 4.79 Å². The molecule has 2 aromatic carbocycles. The summed E-state index contributed by atoms with van der Waals surface area (Å²) in [4.78, 5) is 17.3. The van der Waals surface area contributed by atoms with Gasteiger partial charge in [-0.2, -0.15) is 0 Å². The van der Waals surface area contributed by atoms with Crippen LogP contribution in [0.4, 0.5) is 0 Å². The molecule has 0 spiro atoms. The minimum absolute atomic E-state index is 0.0802. The zero-order chi connectivity index (χ0) is 26.8. The van der Waals surface area contributed by atoms with Crippen molar-refractivity contribution in [3.8, 4) is 0 Å². The molecule has 0 saturated heterocycles. The fraction of sp³-hybridized carbons (Fsp3) is 0.576. The highest BCUT2D eigenvalue weighted by atomic mass is 35.5. The summed E-state index contributed by atoms with van der Waals surface area (Å²) < 4.78 is 2.40. The summed E-state index contributed by atoms with van der Waals surface area (Å²) in [6.45, 7) is 3.92. The first-order chi connectivity index (χ1) is 18.7. The van der Waals surface area contributed by atoms with E-state index in [9.17, 15) is 4.79 Å². The number of hydrogen-bond acceptors (Lipinski definition) is 2. The van der Waals surface area contributed by atoms with Gasteiger partial charge in [-0.15, -0.1) is 0 Å². The van der Waals surface area contributed by atoms with Gasteiger partial charge in [0.15, 0.2) is 0 Å². The lowest BCUT2D eigenvalue weighted by Crippen LogP contribution is -2.25. The Hall–Kier alpha value is -2.33. The van der Waals surface area contributed by atoms with E-state index in [1.165, 1.54) is 95.4 Å². The van der Waals surface area contributed by atoms with Crippen LogP contribution in [0, 0.1) is 0 Å². The summed E-state index contributed by atoms with van der Waals surface area (Å²) in [7, 11) is 0. The molecule has 38 heavy (non-hydrogen) atoms. The summed E-state index contributed by atoms with van der Waals surface area (Å²) in [5.41, 5.74) is 2.89. The first kappa shape index (κ1) is 30.2. The van der Waals surface area contributed by atoms with E-state index >= 15 is 0 Å². The van der Waals surface area contributed by atoms with E-state index in [-0.39, 0.29) is 5.91 Å². The lowest BCUT2D eigenvalue weighted by molar-refractivity contribution is 0.0953. The van der Waals surface area contributed by atoms with E-state index in [0.29, 0.717) is 17.1 Å². The average molecular weight is 538 g/mol. The Labute approximate surface area is 235 Å². The van der Waals surface area contributed by atoms with E-state index in [0.717, 1.165) is 30.7 Å². The summed E-state index contributed by atoms with van der Waals surface area (Å²) in [5.74, 6) is 1.04. The SMILES string of the molecule is CCCCCCCCCCCCCCCCn1c(CCCNC(=O)c2cccc(Cl)c2)nc2ccccc21. The maximum atomic E-state index is 12.4. The zero-order valence-corrected chi connectivity index (χ0v) is 24.3. The number of carbonyl (C=O) groups excluding carboxylic acids is 1. The molecule has 0 fully saturated rings. The number of imidazole rings is 1. The van der Waals surface area contributed by atoms with Crippen LogP contribution in [0.3, 0.4) is 0 Å². The van der Waals surface area contributed by atoms with Gasteiger partial charge < -0.3 is 9.88 Å². The molecular formula is C33H48ClN3O. The number of nitrogens with one attached hydrogen (secondary N) is 1. The molecule has 1 amide bonds. The van der Waals surface area contributed by atoms with Crippen molar-refractivity contribution in [3.05, 3.63) is 64.9 Å². The molecule has 0 unspecified atom stereocenters. The van der Waals surface area contributed by atoms with Gasteiger partial charge in [-0.1, -0.05) is 120 Å². The second-order valence-corrected chi connectivity index (χ2v) is 11.1. The highest BCUT2D eigenvalue weighted by molar-refractivity contribution is 6.30. The number of aromatic nitrogens is 2. The van der Waals surface area contributed by atoms with Crippen molar-refractivity contribution in [1.82, 2.24) is 14.9 Å². The van der Waals surface area contributed by atoms with Gasteiger partial charge in [-0.25, -0.2) is 4.98 Å². The number of aryl methyl sites for hydroxylation is 2. The number of halogens is 1. The summed E-state index contributed by atoms with van der Waals surface area (Å²) in [6.07, 6.45) is 21.0. The fourth-order valence-electron chi connectivity index (χ4n) is 5.21. The van der Waals surface area contributed by atoms with Gasteiger partial charge in [0, 0.05) is 30.1 Å². The van der Waals surface area contributed by atoms with Crippen LogP contribution in [0.2, 0.25) is 5.02 Å². The molecule has 208 valence electrons. The summed E-state index contributed by atoms with van der Waals surface area (Å²) in [6, 6.07) is 15.5. The van der Waals surface area contributed by atoms with Gasteiger partial charge in [0.1, 0.15) is 5.82 Å². The molecule has 0 aliphatic carbocycles. The van der Waals surface area contributed by atoms with Crippen LogP contribution >= 0.6 is 11.6 Å². The number of fused-ring (bicyclic) bond motifs is 1. The Morgan fingerprint density at radius 2 is 1.42 bits per heavy atom. The van der Waals surface area contributed by atoms with Crippen LogP contribution in [0.25, 0.3) is 11.0 Å². The van der Waals surface area contributed by atoms with Crippen molar-refractivity contribution in [2.45, 2.75) is 116 Å². The average Bonchev–Trinajstić information content (AvgIpc) is 3.28. The molecule has 3 aromatic rings. The number of carbonyl (C=O) groups is 1. The van der Waals surface area contributed by atoms with E-state index in [2.05, 4.69) is 41.1 Å². The second-order valence-electron chi connectivity index (χ2n) is 10.6. The van der Waals surface area contributed by atoms with Crippen molar-refractivity contribution in [2.75, 3.05) is 6.54 Å². The quantitative estimate of drug-likeness (QED) is 0.146. The Balaban J connectivity index is 1.32. The Kier molecular flexibility index (Phi) is 14.3. The molecular weight excluding hydrogens is 490 g/mol. The normalized spacial score (nSPS) is 11.3. The number of para-hydroxylation sites is 2. The number of nitrogens with zero attached hydrogens (tertiary/aromatic N) is 2. The second kappa shape index (κ2) is 18.0. The van der Waals surface area contributed by atoms with E-state index in [1.54, 1.807) is 24.3 Å². The third kappa shape index (κ3) is 10.8. The molecule has 0 radical (unpaired) electrons. The monoisotopic (exact) mass is 537 g/mol. The number of benzene rings is 2. The Morgan fingerprint density at radius 3 is 2.08 bits per heavy atom. The van der Waals surface area contributed by atoms with Gasteiger partial charge >= 0.3 is 0 Å². The molecule has 3 rings (SSSR count). The highest BCUT2D eigenvalue weighted by Gasteiger charge is 2.11. The van der Waals surface area contributed by atoms with E-state index in [1.807, 2.05) is 0 Å². The van der Waals surface area contributed by atoms with Gasteiger partial charge in [0.2, 0.25) is 0 Å². The minimum Gasteiger partial charge on any atom is -0.352 e. The largest absolute Gasteiger partial charge is 0.352 e. The summed E-state index contributed by atoms with van der Waals surface area (Å²) >= 11 is 6.01. The Morgan fingerprint density at radius 1 is 0.789 bits per heavy atom. The topological polar surface area (TPSA) is 46.9 Å². The third-order valence-electron chi connectivity index (χ3n) is 7.42. The molecule has 0 aliphatic rings. The fourth-order valence-corrected chi connectivity index (χ4v) is 5.40. The third-order valence-corrected chi connectivity index (χ3v) is 7.65. The predicted octanol–water partition coefficient (Wildman–Crippen LogP) is 9.53. The molecule has 4 nitrogen and oxygen atoms in total. The first-order valence-electron chi connectivity index (χ1n) is 15.2. The highest BCUT2D eigenvalue weighted by Crippen LogP contribution is 2.19. The first-order valence-corrected chi connectivity index (χ1v) is 15.5. The molecule has 5 heteroatoms. The van der Waals surface area contributed by atoms with Crippen LogP contribution in [0.5, 0.6) is 0 Å². The molecule has 0 bridgehead atoms. The van der Waals surface area contributed by atoms with Crippen LogP contribution in [0.15, 0.2) is 48.5 Å². The lowest BCUT2D eigenvalue weighted by Gasteiger charge is -2.10. The van der Waals surface area contributed by atoms with E-state index in [4.69, 9.17) is 16.6 Å². The number of amides is 1. The molecule has 0 saturated carbocycles. The van der Waals surface area contributed by atoms with Crippen LogP contribution in [0.1, 0.15) is 119 Å². The van der Waals surface area contributed by atoms with Gasteiger partial charge in [-0.3, -0.25) is 4.79 Å². The van der Waals surface area contributed by atoms with Gasteiger partial charge in [0.05, 0.1) is 11.0 Å². The predicted molar refractivity (Wildman–Crippen MR) is 162 cm³/mol. The minimum atomic E-state index is -0.0802. The lowest BCUT2D eigenvalue weighted by atomic mass is 10.0. The van der Waals surface area contributed by atoms with Crippen LogP contribution < -0.4 is 5.32 Å². The smallest absolute Gasteiger partial charge is 0.251 e. The standard InChI is InChI=1S/C33H48ClN3O/c1-2-3-4-5-6-7-8-9-10-11-12-13-14-17-26-37-31-23-16-15-22-30(31)36-32(37)24-19-25-35-33(38)28-20-18-21-29(34)27-28/h15-16,18,20-23,27H,2-14,17,19,24-26H2,1H3,(H,35,38).